The molecule has 170 valence electrons. The van der Waals surface area contributed by atoms with Crippen LogP contribution in [-0.4, -0.2) is 17.8 Å². The Morgan fingerprint density at radius 1 is 0.853 bits per heavy atom. The summed E-state index contributed by atoms with van der Waals surface area (Å²) in [7, 11) is 0. The van der Waals surface area contributed by atoms with E-state index in [1.54, 1.807) is 0 Å². The summed E-state index contributed by atoms with van der Waals surface area (Å²) in [6.45, 7) is 2.67. The maximum Gasteiger partial charge on any atom is 0.407 e. The largest absolute Gasteiger partial charge is 0.449 e. The molecule has 1 aliphatic rings. The molecule has 0 heterocycles. The van der Waals surface area contributed by atoms with Crippen LogP contribution in [0.2, 0.25) is 0 Å². The number of carbonyl (C=O) groups excluding carboxylic acids is 1. The number of alkyl carbamates (subject to hydrolysis) is 1. The lowest BCUT2D eigenvalue weighted by atomic mass is 9.96. The monoisotopic (exact) mass is 449 g/mol. The standard InChI is InChI=1S/C30H27NO3/c1-20-13-14-24(22-8-6-7-21(16-22)18-32)23(15-20)17-31-30(33)34-19-29-27-11-4-2-9-25(27)26-10-3-5-12-28(26)29/h2-16,29,32H,17-19H2,1H3,(H,31,33). The number of carbonyl (C=O) groups is 1. The van der Waals surface area contributed by atoms with Crippen LogP contribution >= 0.6 is 0 Å². The summed E-state index contributed by atoms with van der Waals surface area (Å²) in [6, 6.07) is 30.6. The van der Waals surface area contributed by atoms with Crippen LogP contribution in [-0.2, 0) is 17.9 Å². The Balaban J connectivity index is 1.28. The van der Waals surface area contributed by atoms with Crippen LogP contribution in [0, 0.1) is 6.92 Å². The Morgan fingerprint density at radius 3 is 2.26 bits per heavy atom. The normalized spacial score (nSPS) is 12.2. The molecule has 1 amide bonds. The zero-order valence-corrected chi connectivity index (χ0v) is 19.1. The average molecular weight is 450 g/mol. The number of aryl methyl sites for hydroxylation is 1. The third-order valence-corrected chi connectivity index (χ3v) is 6.45. The van der Waals surface area contributed by atoms with E-state index >= 15 is 0 Å². The van der Waals surface area contributed by atoms with E-state index in [1.165, 1.54) is 22.3 Å². The number of rotatable bonds is 6. The quantitative estimate of drug-likeness (QED) is 0.369. The highest BCUT2D eigenvalue weighted by molar-refractivity contribution is 5.79. The van der Waals surface area contributed by atoms with Crippen molar-refractivity contribution < 1.29 is 14.6 Å². The number of benzene rings is 4. The first-order valence-corrected chi connectivity index (χ1v) is 11.5. The molecule has 4 heteroatoms. The summed E-state index contributed by atoms with van der Waals surface area (Å²) < 4.78 is 5.69. The first-order valence-electron chi connectivity index (χ1n) is 11.5. The number of amides is 1. The first kappa shape index (κ1) is 21.9. The first-order chi connectivity index (χ1) is 16.6. The van der Waals surface area contributed by atoms with Gasteiger partial charge in [-0.1, -0.05) is 90.5 Å². The van der Waals surface area contributed by atoms with Crippen molar-refractivity contribution in [3.63, 3.8) is 0 Å². The van der Waals surface area contributed by atoms with Gasteiger partial charge in [0.25, 0.3) is 0 Å². The Labute approximate surface area is 199 Å². The Morgan fingerprint density at radius 2 is 1.56 bits per heavy atom. The summed E-state index contributed by atoms with van der Waals surface area (Å²) in [5, 5.41) is 12.4. The number of hydrogen-bond donors (Lipinski definition) is 2. The smallest absolute Gasteiger partial charge is 0.407 e. The lowest BCUT2D eigenvalue weighted by Crippen LogP contribution is -2.26. The molecular formula is C30H27NO3. The molecule has 0 fully saturated rings. The van der Waals surface area contributed by atoms with Crippen molar-refractivity contribution in [2.24, 2.45) is 0 Å². The van der Waals surface area contributed by atoms with Crippen LogP contribution in [0.4, 0.5) is 4.79 Å². The van der Waals surface area contributed by atoms with Crippen LogP contribution in [0.3, 0.4) is 0 Å². The van der Waals surface area contributed by atoms with Crippen LogP contribution in [0.25, 0.3) is 22.3 Å². The number of fused-ring (bicyclic) bond motifs is 3. The maximum absolute atomic E-state index is 12.7. The van der Waals surface area contributed by atoms with E-state index in [-0.39, 0.29) is 12.5 Å². The second-order valence-electron chi connectivity index (χ2n) is 8.70. The molecule has 4 aromatic carbocycles. The molecule has 4 nitrogen and oxygen atoms in total. The zero-order chi connectivity index (χ0) is 23.5. The van der Waals surface area contributed by atoms with Gasteiger partial charge in [-0.15, -0.1) is 0 Å². The summed E-state index contributed by atoms with van der Waals surface area (Å²) >= 11 is 0. The number of aliphatic hydroxyl groups excluding tert-OH is 1. The molecule has 5 rings (SSSR count). The van der Waals surface area contributed by atoms with E-state index in [9.17, 15) is 9.90 Å². The highest BCUT2D eigenvalue weighted by atomic mass is 16.5. The lowest BCUT2D eigenvalue weighted by Gasteiger charge is -2.16. The second-order valence-corrected chi connectivity index (χ2v) is 8.70. The van der Waals surface area contributed by atoms with E-state index in [2.05, 4.69) is 47.8 Å². The fraction of sp³-hybridized carbons (Fsp3) is 0.167. The van der Waals surface area contributed by atoms with Crippen LogP contribution in [0.5, 0.6) is 0 Å². The maximum atomic E-state index is 12.7. The highest BCUT2D eigenvalue weighted by Gasteiger charge is 2.29. The van der Waals surface area contributed by atoms with Gasteiger partial charge >= 0.3 is 6.09 Å². The molecule has 0 saturated heterocycles. The van der Waals surface area contributed by atoms with Crippen molar-refractivity contribution in [3.05, 3.63) is 119 Å². The third-order valence-electron chi connectivity index (χ3n) is 6.45. The summed E-state index contributed by atoms with van der Waals surface area (Å²) in [5.74, 6) is 0.0360. The highest BCUT2D eigenvalue weighted by Crippen LogP contribution is 2.44. The Hall–Kier alpha value is -3.89. The summed E-state index contributed by atoms with van der Waals surface area (Å²) in [5.41, 5.74) is 9.82. The Kier molecular flexibility index (Phi) is 6.15. The van der Waals surface area contributed by atoms with Crippen molar-refractivity contribution in [3.8, 4) is 22.3 Å². The predicted molar refractivity (Wildman–Crippen MR) is 134 cm³/mol. The molecule has 0 bridgehead atoms. The fourth-order valence-electron chi connectivity index (χ4n) is 4.80. The van der Waals surface area contributed by atoms with Crippen molar-refractivity contribution in [2.45, 2.75) is 26.0 Å². The number of aliphatic hydroxyl groups is 1. The number of ether oxygens (including phenoxy) is 1. The zero-order valence-electron chi connectivity index (χ0n) is 19.1. The predicted octanol–water partition coefficient (Wildman–Crippen LogP) is 6.19. The van der Waals surface area contributed by atoms with Gasteiger partial charge in [0.15, 0.2) is 0 Å². The van der Waals surface area contributed by atoms with Crippen molar-refractivity contribution in [1.29, 1.82) is 0 Å². The molecule has 0 aromatic heterocycles. The van der Waals surface area contributed by atoms with Gasteiger partial charge in [0.2, 0.25) is 0 Å². The fourth-order valence-corrected chi connectivity index (χ4v) is 4.80. The SMILES string of the molecule is Cc1ccc(-c2cccc(CO)c2)c(CNC(=O)OCC2c3ccccc3-c3ccccc32)c1. The van der Waals surface area contributed by atoms with Crippen molar-refractivity contribution in [1.82, 2.24) is 5.32 Å². The Bertz CT molecular complexity index is 1300. The molecule has 0 aliphatic heterocycles. The van der Waals surface area contributed by atoms with E-state index in [4.69, 9.17) is 4.74 Å². The topological polar surface area (TPSA) is 58.6 Å². The van der Waals surface area contributed by atoms with Gasteiger partial charge in [0.1, 0.15) is 6.61 Å². The third kappa shape index (κ3) is 4.33. The lowest BCUT2D eigenvalue weighted by molar-refractivity contribution is 0.142. The van der Waals surface area contributed by atoms with Gasteiger partial charge in [-0.2, -0.15) is 0 Å². The summed E-state index contributed by atoms with van der Waals surface area (Å²) in [6.07, 6.45) is -0.432. The molecular weight excluding hydrogens is 422 g/mol. The second kappa shape index (κ2) is 9.54. The van der Waals surface area contributed by atoms with Gasteiger partial charge in [0, 0.05) is 12.5 Å². The minimum Gasteiger partial charge on any atom is -0.449 e. The van der Waals surface area contributed by atoms with Gasteiger partial charge < -0.3 is 15.2 Å². The molecule has 0 atom stereocenters. The minimum absolute atomic E-state index is 0.00691. The van der Waals surface area contributed by atoms with Gasteiger partial charge in [-0.3, -0.25) is 0 Å². The van der Waals surface area contributed by atoms with Crippen LogP contribution in [0.1, 0.15) is 33.7 Å². The molecule has 34 heavy (non-hydrogen) atoms. The molecule has 0 unspecified atom stereocenters. The van der Waals surface area contributed by atoms with Crippen LogP contribution < -0.4 is 5.32 Å². The van der Waals surface area contributed by atoms with Crippen LogP contribution in [0.15, 0.2) is 91.0 Å². The minimum atomic E-state index is -0.432. The van der Waals surface area contributed by atoms with Crippen molar-refractivity contribution in [2.75, 3.05) is 6.61 Å². The molecule has 1 aliphatic carbocycles. The molecule has 4 aromatic rings. The van der Waals surface area contributed by atoms with Gasteiger partial charge in [-0.25, -0.2) is 4.79 Å². The average Bonchev–Trinajstić information content (AvgIpc) is 3.20. The molecule has 0 saturated carbocycles. The van der Waals surface area contributed by atoms with E-state index in [1.807, 2.05) is 55.5 Å². The molecule has 0 radical (unpaired) electrons. The van der Waals surface area contributed by atoms with Gasteiger partial charge in [0.05, 0.1) is 6.61 Å². The summed E-state index contributed by atoms with van der Waals surface area (Å²) in [4.78, 5) is 12.7. The van der Waals surface area contributed by atoms with E-state index in [0.717, 1.165) is 27.8 Å². The van der Waals surface area contributed by atoms with Crippen molar-refractivity contribution >= 4 is 6.09 Å². The van der Waals surface area contributed by atoms with E-state index in [0.29, 0.717) is 13.2 Å². The molecule has 0 spiro atoms. The molecule has 2 N–H and O–H groups in total. The number of hydrogen-bond acceptors (Lipinski definition) is 3. The number of nitrogens with one attached hydrogen (secondary N) is 1. The van der Waals surface area contributed by atoms with Gasteiger partial charge in [-0.05, 0) is 57.5 Å². The van der Waals surface area contributed by atoms with E-state index < -0.39 is 6.09 Å².